The fourth-order valence-electron chi connectivity index (χ4n) is 2.70. The molecule has 7 nitrogen and oxygen atoms in total. The standard InChI is InChI=1S/C23H21NO6S/c1-3-29-23(27)21(25)24-18-13-19(31-20(18)22(26)28-2)16-9-11-17(12-10-16)30-14-15-7-5-4-6-8-15/h4-13H,3,14H2,1-2H3,(H,24,25). The van der Waals surface area contributed by atoms with E-state index in [1.807, 2.05) is 54.6 Å². The Balaban J connectivity index is 1.77. The largest absolute Gasteiger partial charge is 0.489 e. The van der Waals surface area contributed by atoms with Crippen LogP contribution in [0.3, 0.4) is 0 Å². The molecule has 3 rings (SSSR count). The number of anilines is 1. The van der Waals surface area contributed by atoms with Crippen molar-refractivity contribution in [1.82, 2.24) is 0 Å². The highest BCUT2D eigenvalue weighted by Crippen LogP contribution is 2.36. The number of hydrogen-bond donors (Lipinski definition) is 1. The molecule has 1 aromatic heterocycles. The molecule has 0 aliphatic rings. The van der Waals surface area contributed by atoms with Crippen LogP contribution in [0.4, 0.5) is 5.69 Å². The van der Waals surface area contributed by atoms with Gasteiger partial charge in [0.2, 0.25) is 0 Å². The molecule has 3 aromatic rings. The summed E-state index contributed by atoms with van der Waals surface area (Å²) >= 11 is 1.15. The van der Waals surface area contributed by atoms with Gasteiger partial charge < -0.3 is 19.5 Å². The molecule has 0 fully saturated rings. The van der Waals surface area contributed by atoms with Gasteiger partial charge in [-0.15, -0.1) is 11.3 Å². The highest BCUT2D eigenvalue weighted by atomic mass is 32.1. The predicted octanol–water partition coefficient (Wildman–Crippen LogP) is 4.28. The van der Waals surface area contributed by atoms with E-state index in [0.29, 0.717) is 17.2 Å². The van der Waals surface area contributed by atoms with E-state index in [0.717, 1.165) is 22.5 Å². The Labute approximate surface area is 183 Å². The second kappa shape index (κ2) is 10.4. The van der Waals surface area contributed by atoms with Gasteiger partial charge in [0.05, 0.1) is 19.4 Å². The summed E-state index contributed by atoms with van der Waals surface area (Å²) in [6.07, 6.45) is 0. The molecule has 2 aromatic carbocycles. The Kier molecular flexibility index (Phi) is 7.40. The van der Waals surface area contributed by atoms with Gasteiger partial charge in [-0.05, 0) is 48.4 Å². The number of benzene rings is 2. The third-order valence-electron chi connectivity index (χ3n) is 4.20. The number of esters is 2. The van der Waals surface area contributed by atoms with Gasteiger partial charge in [-0.2, -0.15) is 0 Å². The fourth-order valence-corrected chi connectivity index (χ4v) is 3.73. The minimum atomic E-state index is -1.02. The van der Waals surface area contributed by atoms with Crippen LogP contribution in [0.15, 0.2) is 60.7 Å². The minimum Gasteiger partial charge on any atom is -0.489 e. The first-order chi connectivity index (χ1) is 15.0. The van der Waals surface area contributed by atoms with Gasteiger partial charge in [0.25, 0.3) is 0 Å². The summed E-state index contributed by atoms with van der Waals surface area (Å²) in [7, 11) is 1.25. The van der Waals surface area contributed by atoms with Crippen molar-refractivity contribution in [3.05, 3.63) is 71.1 Å². The summed E-state index contributed by atoms with van der Waals surface area (Å²) in [5.41, 5.74) is 2.07. The molecule has 0 atom stereocenters. The molecular weight excluding hydrogens is 418 g/mol. The summed E-state index contributed by atoms with van der Waals surface area (Å²) in [4.78, 5) is 36.6. The molecule has 0 saturated carbocycles. The second-order valence-electron chi connectivity index (χ2n) is 6.32. The molecule has 0 bridgehead atoms. The normalized spacial score (nSPS) is 10.3. The maximum Gasteiger partial charge on any atom is 0.397 e. The van der Waals surface area contributed by atoms with Crippen molar-refractivity contribution in [2.24, 2.45) is 0 Å². The molecular formula is C23H21NO6S. The lowest BCUT2D eigenvalue weighted by atomic mass is 10.1. The van der Waals surface area contributed by atoms with Crippen LogP contribution < -0.4 is 10.1 Å². The first-order valence-corrected chi connectivity index (χ1v) is 10.3. The highest BCUT2D eigenvalue weighted by Gasteiger charge is 2.22. The summed E-state index contributed by atoms with van der Waals surface area (Å²) in [6, 6.07) is 18.8. The topological polar surface area (TPSA) is 90.9 Å². The zero-order valence-electron chi connectivity index (χ0n) is 17.0. The molecule has 1 heterocycles. The number of amides is 1. The Hall–Kier alpha value is -3.65. The molecule has 0 aliphatic carbocycles. The molecule has 0 saturated heterocycles. The molecule has 160 valence electrons. The Morgan fingerprint density at radius 2 is 1.71 bits per heavy atom. The fraction of sp³-hybridized carbons (Fsp3) is 0.174. The zero-order chi connectivity index (χ0) is 22.2. The quantitative estimate of drug-likeness (QED) is 0.436. The third-order valence-corrected chi connectivity index (χ3v) is 5.36. The van der Waals surface area contributed by atoms with Gasteiger partial charge in [-0.3, -0.25) is 4.79 Å². The summed E-state index contributed by atoms with van der Waals surface area (Å²) in [5, 5.41) is 2.42. The molecule has 0 unspecified atom stereocenters. The van der Waals surface area contributed by atoms with Crippen molar-refractivity contribution in [3.8, 4) is 16.2 Å². The maximum absolute atomic E-state index is 12.1. The van der Waals surface area contributed by atoms with Crippen molar-refractivity contribution < 1.29 is 28.6 Å². The number of carbonyl (C=O) groups excluding carboxylic acids is 3. The maximum atomic E-state index is 12.1. The van der Waals surface area contributed by atoms with Crippen LogP contribution >= 0.6 is 11.3 Å². The molecule has 0 spiro atoms. The van der Waals surface area contributed by atoms with Crippen LogP contribution in [0.2, 0.25) is 0 Å². The van der Waals surface area contributed by atoms with Gasteiger partial charge in [-0.1, -0.05) is 30.3 Å². The van der Waals surface area contributed by atoms with Gasteiger partial charge in [-0.25, -0.2) is 9.59 Å². The molecule has 8 heteroatoms. The second-order valence-corrected chi connectivity index (χ2v) is 7.37. The van der Waals surface area contributed by atoms with Crippen molar-refractivity contribution in [3.63, 3.8) is 0 Å². The summed E-state index contributed by atoms with van der Waals surface area (Å²) in [6.45, 7) is 2.13. The Morgan fingerprint density at radius 1 is 1.00 bits per heavy atom. The van der Waals surface area contributed by atoms with Crippen LogP contribution in [-0.2, 0) is 25.7 Å². The lowest BCUT2D eigenvalue weighted by Crippen LogP contribution is -2.25. The van der Waals surface area contributed by atoms with E-state index in [2.05, 4.69) is 10.1 Å². The summed E-state index contributed by atoms with van der Waals surface area (Å²) in [5.74, 6) is -1.89. The van der Waals surface area contributed by atoms with Crippen molar-refractivity contribution in [2.45, 2.75) is 13.5 Å². The molecule has 1 amide bonds. The lowest BCUT2D eigenvalue weighted by molar-refractivity contribution is -0.152. The van der Waals surface area contributed by atoms with E-state index in [1.54, 1.807) is 13.0 Å². The highest BCUT2D eigenvalue weighted by molar-refractivity contribution is 7.18. The Morgan fingerprint density at radius 3 is 2.35 bits per heavy atom. The average Bonchev–Trinajstić information content (AvgIpc) is 3.22. The number of thiophene rings is 1. The molecule has 0 radical (unpaired) electrons. The van der Waals surface area contributed by atoms with Gasteiger partial charge in [0, 0.05) is 4.88 Å². The van der Waals surface area contributed by atoms with Crippen molar-refractivity contribution >= 4 is 34.9 Å². The van der Waals surface area contributed by atoms with Gasteiger partial charge in [0.15, 0.2) is 0 Å². The Bertz CT molecular complexity index is 1060. The predicted molar refractivity (Wildman–Crippen MR) is 117 cm³/mol. The zero-order valence-corrected chi connectivity index (χ0v) is 17.9. The number of hydrogen-bond acceptors (Lipinski definition) is 7. The van der Waals surface area contributed by atoms with Crippen molar-refractivity contribution in [1.29, 1.82) is 0 Å². The van der Waals surface area contributed by atoms with Gasteiger partial charge in [0.1, 0.15) is 17.2 Å². The minimum absolute atomic E-state index is 0.0731. The number of carbonyl (C=O) groups is 3. The number of ether oxygens (including phenoxy) is 3. The smallest absolute Gasteiger partial charge is 0.397 e. The van der Waals surface area contributed by atoms with Crippen LogP contribution in [0.25, 0.3) is 10.4 Å². The molecule has 1 N–H and O–H groups in total. The number of methoxy groups -OCH3 is 1. The van der Waals surface area contributed by atoms with Crippen LogP contribution in [-0.4, -0.2) is 31.6 Å². The average molecular weight is 439 g/mol. The van der Waals surface area contributed by atoms with Gasteiger partial charge >= 0.3 is 17.8 Å². The number of nitrogens with one attached hydrogen (secondary N) is 1. The van der Waals surface area contributed by atoms with Crippen molar-refractivity contribution in [2.75, 3.05) is 19.0 Å². The molecule has 31 heavy (non-hydrogen) atoms. The van der Waals surface area contributed by atoms with E-state index in [-0.39, 0.29) is 17.2 Å². The first kappa shape index (κ1) is 22.0. The lowest BCUT2D eigenvalue weighted by Gasteiger charge is -2.07. The third kappa shape index (κ3) is 5.70. The van der Waals surface area contributed by atoms with E-state index < -0.39 is 17.8 Å². The first-order valence-electron chi connectivity index (χ1n) is 9.49. The van der Waals surface area contributed by atoms with Crippen LogP contribution in [0, 0.1) is 0 Å². The van der Waals surface area contributed by atoms with E-state index >= 15 is 0 Å². The summed E-state index contributed by atoms with van der Waals surface area (Å²) < 4.78 is 15.3. The SMILES string of the molecule is CCOC(=O)C(=O)Nc1cc(-c2ccc(OCc3ccccc3)cc2)sc1C(=O)OC. The van der Waals surface area contributed by atoms with E-state index in [9.17, 15) is 14.4 Å². The molecule has 0 aliphatic heterocycles. The monoisotopic (exact) mass is 439 g/mol. The van der Waals surface area contributed by atoms with E-state index in [4.69, 9.17) is 9.47 Å². The van der Waals surface area contributed by atoms with E-state index in [1.165, 1.54) is 7.11 Å². The van der Waals surface area contributed by atoms with Crippen LogP contribution in [0.5, 0.6) is 5.75 Å². The van der Waals surface area contributed by atoms with Crippen LogP contribution in [0.1, 0.15) is 22.2 Å². The number of rotatable bonds is 7.